The predicted octanol–water partition coefficient (Wildman–Crippen LogP) is 4.69. The summed E-state index contributed by atoms with van der Waals surface area (Å²) >= 11 is 0. The van der Waals surface area contributed by atoms with Crippen molar-refractivity contribution in [1.82, 2.24) is 0 Å². The van der Waals surface area contributed by atoms with Gasteiger partial charge in [-0.2, -0.15) is 0 Å². The van der Waals surface area contributed by atoms with E-state index in [1.54, 1.807) is 12.1 Å². The van der Waals surface area contributed by atoms with Crippen molar-refractivity contribution >= 4 is 5.97 Å². The lowest BCUT2D eigenvalue weighted by Crippen LogP contribution is -2.23. The van der Waals surface area contributed by atoms with Crippen LogP contribution in [0.25, 0.3) is 11.1 Å². The van der Waals surface area contributed by atoms with Gasteiger partial charge in [0.1, 0.15) is 11.4 Å². The molecule has 0 heterocycles. The third-order valence-electron chi connectivity index (χ3n) is 3.29. The normalized spacial score (nSPS) is 10.8. The molecule has 0 aliphatic rings. The molecule has 124 valence electrons. The van der Waals surface area contributed by atoms with E-state index in [1.807, 2.05) is 58.0 Å². The van der Waals surface area contributed by atoms with Gasteiger partial charge in [-0.25, -0.2) is 4.79 Å². The molecular formula is C21H22O3. The fourth-order valence-electron chi connectivity index (χ4n) is 2.27. The number of hydrogen-bond donors (Lipinski definition) is 0. The molecule has 2 aromatic carbocycles. The van der Waals surface area contributed by atoms with Gasteiger partial charge < -0.3 is 9.47 Å². The van der Waals surface area contributed by atoms with Crippen molar-refractivity contribution in [3.05, 3.63) is 53.6 Å². The van der Waals surface area contributed by atoms with Crippen molar-refractivity contribution in [2.45, 2.75) is 33.3 Å². The van der Waals surface area contributed by atoms with Crippen molar-refractivity contribution in [2.24, 2.45) is 0 Å². The molecule has 3 nitrogen and oxygen atoms in total. The number of esters is 1. The van der Waals surface area contributed by atoms with Crippen LogP contribution < -0.4 is 4.74 Å². The van der Waals surface area contributed by atoms with Crippen molar-refractivity contribution in [2.75, 3.05) is 6.61 Å². The lowest BCUT2D eigenvalue weighted by atomic mass is 9.98. The van der Waals surface area contributed by atoms with Crippen LogP contribution in [0.2, 0.25) is 0 Å². The van der Waals surface area contributed by atoms with Crippen LogP contribution in [0.15, 0.2) is 42.5 Å². The number of rotatable bonds is 4. The third-order valence-corrected chi connectivity index (χ3v) is 3.29. The number of ether oxygens (including phenoxy) is 2. The lowest BCUT2D eigenvalue weighted by Gasteiger charge is -2.19. The van der Waals surface area contributed by atoms with Crippen molar-refractivity contribution in [3.8, 4) is 29.2 Å². The standard InChI is InChI=1S/C21H22O3/c1-6-15-12-13-18(23-7-2)14-19(15)16-8-10-17(11-9-16)20(22)24-21(3,4)5/h1,8-14H,7H2,2-5H3. The Balaban J connectivity index is 2.32. The van der Waals surface area contributed by atoms with Gasteiger partial charge in [0.2, 0.25) is 0 Å². The monoisotopic (exact) mass is 322 g/mol. The van der Waals surface area contributed by atoms with Gasteiger partial charge in [0.15, 0.2) is 0 Å². The first-order chi connectivity index (χ1) is 11.3. The van der Waals surface area contributed by atoms with Crippen LogP contribution in [-0.2, 0) is 4.74 Å². The first-order valence-electron chi connectivity index (χ1n) is 7.91. The van der Waals surface area contributed by atoms with E-state index in [2.05, 4.69) is 5.92 Å². The molecule has 0 unspecified atom stereocenters. The number of hydrogen-bond acceptors (Lipinski definition) is 3. The van der Waals surface area contributed by atoms with Gasteiger partial charge in [-0.05, 0) is 63.6 Å². The molecule has 2 rings (SSSR count). The highest BCUT2D eigenvalue weighted by Crippen LogP contribution is 2.28. The van der Waals surface area contributed by atoms with Crippen LogP contribution in [0.3, 0.4) is 0 Å². The van der Waals surface area contributed by atoms with Crippen LogP contribution in [0.1, 0.15) is 43.6 Å². The molecule has 3 heteroatoms. The van der Waals surface area contributed by atoms with Crippen LogP contribution in [0.5, 0.6) is 5.75 Å². The smallest absolute Gasteiger partial charge is 0.338 e. The summed E-state index contributed by atoms with van der Waals surface area (Å²) in [5.74, 6) is 3.11. The molecule has 0 aromatic heterocycles. The number of carbonyl (C=O) groups is 1. The highest BCUT2D eigenvalue weighted by Gasteiger charge is 2.18. The zero-order valence-corrected chi connectivity index (χ0v) is 14.6. The van der Waals surface area contributed by atoms with Gasteiger partial charge in [-0.1, -0.05) is 18.1 Å². The van der Waals surface area contributed by atoms with E-state index in [9.17, 15) is 4.79 Å². The minimum atomic E-state index is -0.516. The largest absolute Gasteiger partial charge is 0.494 e. The molecule has 0 bridgehead atoms. The fourth-order valence-corrected chi connectivity index (χ4v) is 2.27. The Hall–Kier alpha value is -2.73. The quantitative estimate of drug-likeness (QED) is 0.605. The molecule has 0 N–H and O–H groups in total. The minimum absolute atomic E-state index is 0.339. The second kappa shape index (κ2) is 7.23. The predicted molar refractivity (Wildman–Crippen MR) is 96.2 cm³/mol. The van der Waals surface area contributed by atoms with E-state index in [-0.39, 0.29) is 5.97 Å². The summed E-state index contributed by atoms with van der Waals surface area (Å²) in [5, 5.41) is 0. The van der Waals surface area contributed by atoms with Crippen LogP contribution in [0.4, 0.5) is 0 Å². The molecule has 0 fully saturated rings. The van der Waals surface area contributed by atoms with Crippen LogP contribution in [-0.4, -0.2) is 18.2 Å². The van der Waals surface area contributed by atoms with Gasteiger partial charge >= 0.3 is 5.97 Å². The lowest BCUT2D eigenvalue weighted by molar-refractivity contribution is 0.00696. The molecule has 2 aromatic rings. The highest BCUT2D eigenvalue weighted by atomic mass is 16.6. The second-order valence-corrected chi connectivity index (χ2v) is 6.36. The third kappa shape index (κ3) is 4.39. The van der Waals surface area contributed by atoms with Gasteiger partial charge in [0.05, 0.1) is 12.2 Å². The van der Waals surface area contributed by atoms with E-state index in [1.165, 1.54) is 0 Å². The summed E-state index contributed by atoms with van der Waals surface area (Å²) in [7, 11) is 0. The Kier molecular flexibility index (Phi) is 5.31. The molecule has 0 aliphatic heterocycles. The summed E-state index contributed by atoms with van der Waals surface area (Å²) in [5.41, 5.74) is 2.61. The Morgan fingerprint density at radius 2 is 1.79 bits per heavy atom. The highest BCUT2D eigenvalue weighted by molar-refractivity contribution is 5.90. The second-order valence-electron chi connectivity index (χ2n) is 6.36. The maximum absolute atomic E-state index is 12.1. The molecule has 24 heavy (non-hydrogen) atoms. The minimum Gasteiger partial charge on any atom is -0.494 e. The van der Waals surface area contributed by atoms with Crippen molar-refractivity contribution in [1.29, 1.82) is 0 Å². The van der Waals surface area contributed by atoms with Crippen molar-refractivity contribution < 1.29 is 14.3 Å². The van der Waals surface area contributed by atoms with Gasteiger partial charge in [-0.3, -0.25) is 0 Å². The van der Waals surface area contributed by atoms with E-state index < -0.39 is 5.60 Å². The summed E-state index contributed by atoms with van der Waals surface area (Å²) < 4.78 is 10.9. The molecular weight excluding hydrogens is 300 g/mol. The summed E-state index contributed by atoms with van der Waals surface area (Å²) in [6.07, 6.45) is 5.59. The maximum atomic E-state index is 12.1. The Bertz CT molecular complexity index is 759. The fraction of sp³-hybridized carbons (Fsp3) is 0.286. The van der Waals surface area contributed by atoms with E-state index in [0.29, 0.717) is 12.2 Å². The van der Waals surface area contributed by atoms with E-state index >= 15 is 0 Å². The summed E-state index contributed by atoms with van der Waals surface area (Å²) in [4.78, 5) is 12.1. The Labute approximate surface area is 143 Å². The van der Waals surface area contributed by atoms with E-state index in [0.717, 1.165) is 22.4 Å². The molecule has 0 radical (unpaired) electrons. The zero-order chi connectivity index (χ0) is 17.7. The molecule has 0 saturated carbocycles. The summed E-state index contributed by atoms with van der Waals surface area (Å²) in [6.45, 7) is 8.06. The SMILES string of the molecule is C#Cc1ccc(OCC)cc1-c1ccc(C(=O)OC(C)(C)C)cc1. The van der Waals surface area contributed by atoms with Crippen molar-refractivity contribution in [3.63, 3.8) is 0 Å². The van der Waals surface area contributed by atoms with Gasteiger partial charge in [0, 0.05) is 11.1 Å². The van der Waals surface area contributed by atoms with Crippen LogP contribution in [0, 0.1) is 12.3 Å². The maximum Gasteiger partial charge on any atom is 0.338 e. The topological polar surface area (TPSA) is 35.5 Å². The average Bonchev–Trinajstić information content (AvgIpc) is 2.53. The van der Waals surface area contributed by atoms with Gasteiger partial charge in [0.25, 0.3) is 0 Å². The first-order valence-corrected chi connectivity index (χ1v) is 7.91. The Morgan fingerprint density at radius 1 is 1.12 bits per heavy atom. The number of benzene rings is 2. The summed E-state index contributed by atoms with van der Waals surface area (Å²) in [6, 6.07) is 12.9. The molecule has 0 aliphatic carbocycles. The molecule has 0 atom stereocenters. The number of carbonyl (C=O) groups excluding carboxylic acids is 1. The molecule has 0 spiro atoms. The number of terminal acetylenes is 1. The Morgan fingerprint density at radius 3 is 2.33 bits per heavy atom. The van der Waals surface area contributed by atoms with Crippen LogP contribution >= 0.6 is 0 Å². The molecule has 0 amide bonds. The molecule has 0 saturated heterocycles. The van der Waals surface area contributed by atoms with Gasteiger partial charge in [-0.15, -0.1) is 6.42 Å². The zero-order valence-electron chi connectivity index (χ0n) is 14.6. The van der Waals surface area contributed by atoms with E-state index in [4.69, 9.17) is 15.9 Å². The first kappa shape index (κ1) is 17.6. The average molecular weight is 322 g/mol.